The van der Waals surface area contributed by atoms with E-state index in [4.69, 9.17) is 49.0 Å². The number of hydrogen-bond acceptors (Lipinski definition) is 6. The first-order chi connectivity index (χ1) is 11.5. The molecule has 146 valence electrons. The van der Waals surface area contributed by atoms with Crippen LogP contribution in [0.5, 0.6) is 0 Å². The molecule has 5 atom stereocenters. The van der Waals surface area contributed by atoms with Crippen LogP contribution in [0.15, 0.2) is 0 Å². The van der Waals surface area contributed by atoms with E-state index in [0.29, 0.717) is 0 Å². The van der Waals surface area contributed by atoms with Crippen LogP contribution < -0.4 is 5.32 Å². The van der Waals surface area contributed by atoms with E-state index < -0.39 is 9.89 Å². The number of alkyl carbamates (subject to hydrolysis) is 1. The van der Waals surface area contributed by atoms with Gasteiger partial charge in [-0.3, -0.25) is 4.79 Å². The molecule has 0 spiro atoms. The summed E-state index contributed by atoms with van der Waals surface area (Å²) in [6, 6.07) is -0.281. The zero-order chi connectivity index (χ0) is 19.2. The Morgan fingerprint density at radius 3 is 2.36 bits per heavy atom. The number of nitrogens with one attached hydrogen (secondary N) is 1. The van der Waals surface area contributed by atoms with Gasteiger partial charge in [0.2, 0.25) is 3.79 Å². The average molecular weight is 437 g/mol. The summed E-state index contributed by atoms with van der Waals surface area (Å²) >= 11 is 18.3. The van der Waals surface area contributed by atoms with E-state index in [1.807, 2.05) is 20.8 Å². The van der Waals surface area contributed by atoms with Gasteiger partial charge in [0.05, 0.1) is 12.1 Å². The average Bonchev–Trinajstić information content (AvgIpc) is 2.50. The fourth-order valence-corrected chi connectivity index (χ4v) is 3.75. The Morgan fingerprint density at radius 2 is 1.84 bits per heavy atom. The molecule has 1 N–H and O–H groups in total. The first kappa shape index (κ1) is 23.0. The Balaban J connectivity index is 2.73. The molecule has 1 aliphatic rings. The van der Waals surface area contributed by atoms with Gasteiger partial charge in [-0.1, -0.05) is 55.6 Å². The van der Waals surface area contributed by atoms with Crippen molar-refractivity contribution in [2.24, 2.45) is 11.8 Å². The Morgan fingerprint density at radius 1 is 1.20 bits per heavy atom. The van der Waals surface area contributed by atoms with Crippen molar-refractivity contribution >= 4 is 58.6 Å². The molecule has 0 bridgehead atoms. The molecule has 0 radical (unpaired) electrons. The molecular weight excluding hydrogens is 413 g/mol. The minimum absolute atomic E-state index is 0.0616. The molecule has 0 aliphatic carbocycles. The van der Waals surface area contributed by atoms with Gasteiger partial charge in [-0.25, -0.2) is 4.79 Å². The van der Waals surface area contributed by atoms with Crippen LogP contribution in [0.4, 0.5) is 4.79 Å². The zero-order valence-corrected chi connectivity index (χ0v) is 17.7. The lowest BCUT2D eigenvalue weighted by Crippen LogP contribution is -2.57. The number of ether oxygens (including phenoxy) is 3. The molecule has 0 aromatic carbocycles. The van der Waals surface area contributed by atoms with Crippen molar-refractivity contribution in [3.8, 4) is 0 Å². The van der Waals surface area contributed by atoms with Crippen LogP contribution in [0.3, 0.4) is 0 Å². The number of rotatable bonds is 6. The highest BCUT2D eigenvalue weighted by atomic mass is 35.6. The summed E-state index contributed by atoms with van der Waals surface area (Å²) in [6.07, 6.45) is -0.905. The summed E-state index contributed by atoms with van der Waals surface area (Å²) in [7, 11) is 0. The first-order valence-corrected chi connectivity index (χ1v) is 10.1. The maximum absolute atomic E-state index is 12.0. The SMILES string of the molecule is CCSC1OC(COC(C)=O)C(C)C(C)C1NC(=O)OCC(Cl)(Cl)Cl. The number of carbonyl (C=O) groups is 2. The van der Waals surface area contributed by atoms with Gasteiger partial charge < -0.3 is 19.5 Å². The molecule has 0 aromatic heterocycles. The van der Waals surface area contributed by atoms with E-state index in [-0.39, 0.29) is 48.6 Å². The second kappa shape index (κ2) is 10.3. The fraction of sp³-hybridized carbons (Fsp3) is 0.867. The molecular formula is C15H24Cl3NO5S. The monoisotopic (exact) mass is 435 g/mol. The van der Waals surface area contributed by atoms with Crippen LogP contribution in [-0.2, 0) is 19.0 Å². The van der Waals surface area contributed by atoms with Crippen LogP contribution in [-0.4, -0.2) is 52.4 Å². The van der Waals surface area contributed by atoms with Crippen molar-refractivity contribution in [2.45, 2.75) is 49.1 Å². The minimum atomic E-state index is -1.66. The Bertz CT molecular complexity index is 463. The third-order valence-corrected chi connectivity index (χ3v) is 5.41. The molecule has 1 rings (SSSR count). The number of halogens is 3. The molecule has 5 unspecified atom stereocenters. The lowest BCUT2D eigenvalue weighted by atomic mass is 9.83. The molecule has 10 heteroatoms. The predicted octanol–water partition coefficient (Wildman–Crippen LogP) is 3.76. The summed E-state index contributed by atoms with van der Waals surface area (Å²) in [6.45, 7) is 7.20. The fourth-order valence-electron chi connectivity index (χ4n) is 2.52. The Kier molecular flexibility index (Phi) is 9.46. The highest BCUT2D eigenvalue weighted by Gasteiger charge is 2.43. The van der Waals surface area contributed by atoms with Crippen molar-refractivity contribution in [3.05, 3.63) is 0 Å². The van der Waals surface area contributed by atoms with Gasteiger partial charge in [-0.05, 0) is 17.6 Å². The summed E-state index contributed by atoms with van der Waals surface area (Å²) in [5.41, 5.74) is -0.294. The van der Waals surface area contributed by atoms with Crippen LogP contribution in [0, 0.1) is 11.8 Å². The molecule has 0 aromatic rings. The van der Waals surface area contributed by atoms with Crippen molar-refractivity contribution in [1.29, 1.82) is 0 Å². The smallest absolute Gasteiger partial charge is 0.407 e. The largest absolute Gasteiger partial charge is 0.463 e. The van der Waals surface area contributed by atoms with E-state index in [0.717, 1.165) is 5.75 Å². The van der Waals surface area contributed by atoms with Crippen LogP contribution in [0.25, 0.3) is 0 Å². The van der Waals surface area contributed by atoms with Gasteiger partial charge in [-0.15, -0.1) is 11.8 Å². The van der Waals surface area contributed by atoms with Gasteiger partial charge in [0.15, 0.2) is 0 Å². The highest BCUT2D eigenvalue weighted by molar-refractivity contribution is 7.99. The standard InChI is InChI=1S/C15H24Cl3NO5S/c1-5-25-13-12(19-14(21)23-7-15(16,17)18)9(3)8(2)11(24-13)6-22-10(4)20/h8-9,11-13H,5-7H2,1-4H3,(H,19,21). The number of thioether (sulfide) groups is 1. The molecule has 1 fully saturated rings. The normalized spacial score (nSPS) is 29.8. The highest BCUT2D eigenvalue weighted by Crippen LogP contribution is 2.36. The lowest BCUT2D eigenvalue weighted by Gasteiger charge is -2.44. The number of hydrogen-bond donors (Lipinski definition) is 1. The maximum Gasteiger partial charge on any atom is 0.407 e. The quantitative estimate of drug-likeness (QED) is 0.505. The minimum Gasteiger partial charge on any atom is -0.463 e. The molecule has 1 aliphatic heterocycles. The molecule has 0 saturated carbocycles. The van der Waals surface area contributed by atoms with Gasteiger partial charge in [0.1, 0.15) is 18.6 Å². The second-order valence-electron chi connectivity index (χ2n) is 5.88. The van der Waals surface area contributed by atoms with E-state index in [9.17, 15) is 9.59 Å². The van der Waals surface area contributed by atoms with Gasteiger partial charge in [0, 0.05) is 6.92 Å². The number of amides is 1. The third kappa shape index (κ3) is 7.99. The summed E-state index contributed by atoms with van der Waals surface area (Å²) < 4.78 is 14.4. The van der Waals surface area contributed by atoms with Crippen LogP contribution >= 0.6 is 46.6 Å². The van der Waals surface area contributed by atoms with Crippen molar-refractivity contribution in [3.63, 3.8) is 0 Å². The van der Waals surface area contributed by atoms with Gasteiger partial charge >= 0.3 is 12.1 Å². The predicted molar refractivity (Wildman–Crippen MR) is 100 cm³/mol. The van der Waals surface area contributed by atoms with Crippen LogP contribution in [0.1, 0.15) is 27.7 Å². The molecule has 1 amide bonds. The number of carbonyl (C=O) groups excluding carboxylic acids is 2. The van der Waals surface area contributed by atoms with E-state index in [1.165, 1.54) is 6.92 Å². The van der Waals surface area contributed by atoms with Crippen LogP contribution in [0.2, 0.25) is 0 Å². The molecule has 6 nitrogen and oxygen atoms in total. The Hall–Kier alpha value is -0.0800. The third-order valence-electron chi connectivity index (χ3n) is 4.02. The van der Waals surface area contributed by atoms with Crippen molar-refractivity contribution in [1.82, 2.24) is 5.32 Å². The molecule has 1 heterocycles. The molecule has 25 heavy (non-hydrogen) atoms. The van der Waals surface area contributed by atoms with E-state index >= 15 is 0 Å². The van der Waals surface area contributed by atoms with Gasteiger partial charge in [0.25, 0.3) is 0 Å². The number of esters is 1. The number of alkyl halides is 3. The molecule has 1 saturated heterocycles. The Labute approximate surface area is 167 Å². The second-order valence-corrected chi connectivity index (χ2v) is 9.77. The maximum atomic E-state index is 12.0. The van der Waals surface area contributed by atoms with E-state index in [2.05, 4.69) is 5.32 Å². The lowest BCUT2D eigenvalue weighted by molar-refractivity contribution is -0.153. The zero-order valence-electron chi connectivity index (χ0n) is 14.6. The van der Waals surface area contributed by atoms with Gasteiger partial charge in [-0.2, -0.15) is 0 Å². The topological polar surface area (TPSA) is 73.9 Å². The summed E-state index contributed by atoms with van der Waals surface area (Å²) in [4.78, 5) is 23.1. The summed E-state index contributed by atoms with van der Waals surface area (Å²) in [5, 5.41) is 2.80. The van der Waals surface area contributed by atoms with Crippen molar-refractivity contribution in [2.75, 3.05) is 19.0 Å². The van der Waals surface area contributed by atoms with Crippen molar-refractivity contribution < 1.29 is 23.8 Å². The summed E-state index contributed by atoms with van der Waals surface area (Å²) in [5.74, 6) is 0.580. The first-order valence-electron chi connectivity index (χ1n) is 7.95. The van der Waals surface area contributed by atoms with E-state index in [1.54, 1.807) is 11.8 Å².